The number of benzene rings is 4. The van der Waals surface area contributed by atoms with Crippen LogP contribution < -0.4 is 144 Å². The van der Waals surface area contributed by atoms with Gasteiger partial charge in [-0.2, -0.15) is 18.6 Å². The molecule has 348 valence electrons. The normalized spacial score (nSPS) is 12.5. The van der Waals surface area contributed by atoms with Gasteiger partial charge in [-0.25, -0.2) is 40.2 Å². The number of halogens is 4. The Labute approximate surface area is 501 Å². The molecule has 0 saturated heterocycles. The number of ether oxygens (including phenoxy) is 2. The van der Waals surface area contributed by atoms with Gasteiger partial charge in [0, 0.05) is 23.6 Å². The molecule has 0 saturated carbocycles. The van der Waals surface area contributed by atoms with Crippen molar-refractivity contribution in [3.63, 3.8) is 0 Å². The SMILES string of the molecule is O=S(=O)([O-])CCCOc1cc(N=Nc2ccc(Cl)c(S(=O)(=O)[O-])c2)c(Cl)cc1N=c1nc([O-])[nH]c(=Nc2cc(Cl)c(N=Nc3ccc(Cl)c(S(=O)(=O)O)c3)cc2OCCCS(=O)(=O)[O-])[nH]1.[Na+].[Na+].[Na+].[Na+]. The van der Waals surface area contributed by atoms with Crippen LogP contribution in [-0.2, 0) is 40.5 Å². The van der Waals surface area contributed by atoms with E-state index in [0.717, 1.165) is 30.3 Å². The Morgan fingerprint density at radius 2 is 1.00 bits per heavy atom. The van der Waals surface area contributed by atoms with E-state index in [9.17, 15) is 57.0 Å². The van der Waals surface area contributed by atoms with Gasteiger partial charge in [-0.1, -0.05) is 46.4 Å². The zero-order valence-corrected chi connectivity index (χ0v) is 50.2. The molecule has 0 unspecified atom stereocenters. The number of nitrogens with zero attached hydrogens (tertiary/aromatic N) is 7. The molecule has 1 aromatic heterocycles. The van der Waals surface area contributed by atoms with E-state index in [1.165, 1.54) is 30.3 Å². The quantitative estimate of drug-likeness (QED) is 0.0318. The fourth-order valence-electron chi connectivity index (χ4n) is 4.91. The summed E-state index contributed by atoms with van der Waals surface area (Å²) in [6.07, 6.45) is -0.556. The zero-order valence-electron chi connectivity index (χ0n) is 36.0. The van der Waals surface area contributed by atoms with Gasteiger partial charge < -0.3 is 33.2 Å². The number of hydrogen-bond donors (Lipinski definition) is 3. The molecule has 5 rings (SSSR count). The predicted molar refractivity (Wildman–Crippen MR) is 224 cm³/mol. The van der Waals surface area contributed by atoms with Crippen LogP contribution in [0, 0.1) is 0 Å². The summed E-state index contributed by atoms with van der Waals surface area (Å²) in [6.45, 7) is -0.737. The largest absolute Gasteiger partial charge is 1.00 e. The Morgan fingerprint density at radius 3 is 1.43 bits per heavy atom. The molecule has 0 aliphatic heterocycles. The molecular formula is C33H25Cl4N9Na4O15S4. The van der Waals surface area contributed by atoms with E-state index in [1.807, 2.05) is 0 Å². The monoisotopic (exact) mass is 1150 g/mol. The van der Waals surface area contributed by atoms with Crippen molar-refractivity contribution in [1.29, 1.82) is 0 Å². The van der Waals surface area contributed by atoms with Gasteiger partial charge in [0.15, 0.2) is 0 Å². The van der Waals surface area contributed by atoms with Crippen LogP contribution in [0.4, 0.5) is 34.1 Å². The van der Waals surface area contributed by atoms with Crippen molar-refractivity contribution in [1.82, 2.24) is 15.0 Å². The molecule has 0 fully saturated rings. The first-order valence-electron chi connectivity index (χ1n) is 17.4. The number of rotatable bonds is 18. The number of azo groups is 2. The van der Waals surface area contributed by atoms with E-state index in [-0.39, 0.29) is 216 Å². The van der Waals surface area contributed by atoms with Crippen LogP contribution in [-0.4, -0.2) is 91.6 Å². The van der Waals surface area contributed by atoms with Crippen molar-refractivity contribution in [2.24, 2.45) is 30.4 Å². The molecular weight excluding hydrogens is 1120 g/mol. The zero-order chi connectivity index (χ0) is 47.9. The third-order valence-electron chi connectivity index (χ3n) is 7.69. The van der Waals surface area contributed by atoms with Gasteiger partial charge in [-0.3, -0.25) is 9.54 Å². The van der Waals surface area contributed by atoms with Crippen molar-refractivity contribution in [2.75, 3.05) is 24.7 Å². The third kappa shape index (κ3) is 21.3. The van der Waals surface area contributed by atoms with Crippen LogP contribution in [0.15, 0.2) is 101 Å². The summed E-state index contributed by atoms with van der Waals surface area (Å²) in [4.78, 5) is 15.8. The molecule has 3 N–H and O–H groups in total. The first-order valence-corrected chi connectivity index (χ1v) is 24.9. The summed E-state index contributed by atoms with van der Waals surface area (Å²) in [5.41, 5.74) is -1.58. The van der Waals surface area contributed by atoms with Gasteiger partial charge in [0.1, 0.15) is 49.3 Å². The van der Waals surface area contributed by atoms with Gasteiger partial charge in [0.2, 0.25) is 11.2 Å². The summed E-state index contributed by atoms with van der Waals surface area (Å²) in [5, 5.41) is 27.5. The Hall–Kier alpha value is -1.11. The number of H-pyrrole nitrogens is 2. The molecule has 0 spiro atoms. The topological polar surface area (TPSA) is 386 Å². The molecule has 0 radical (unpaired) electrons. The first-order chi connectivity index (χ1) is 30.2. The fourth-order valence-corrected chi connectivity index (χ4v) is 8.22. The Morgan fingerprint density at radius 1 is 0.565 bits per heavy atom. The molecule has 0 bridgehead atoms. The van der Waals surface area contributed by atoms with Gasteiger partial charge in [0.05, 0.1) is 75.8 Å². The average Bonchev–Trinajstić information content (AvgIpc) is 3.17. The maximum Gasteiger partial charge on any atom is 1.00 e. The van der Waals surface area contributed by atoms with Crippen LogP contribution in [0.1, 0.15) is 12.8 Å². The molecule has 0 amide bonds. The number of aromatic amines is 2. The van der Waals surface area contributed by atoms with Gasteiger partial charge in [-0.15, -0.1) is 10.2 Å². The maximum atomic E-state index is 12.8. The summed E-state index contributed by atoms with van der Waals surface area (Å²) >= 11 is 24.6. The number of nitrogens with one attached hydrogen (secondary N) is 2. The summed E-state index contributed by atoms with van der Waals surface area (Å²) in [5.74, 6) is -1.94. The molecule has 4 aromatic carbocycles. The maximum absolute atomic E-state index is 12.8. The number of aromatic nitrogens is 3. The number of hydrogen-bond acceptors (Lipinski definition) is 21. The van der Waals surface area contributed by atoms with E-state index < -0.39 is 73.4 Å². The Kier molecular flexibility index (Phi) is 27.3. The van der Waals surface area contributed by atoms with E-state index in [4.69, 9.17) is 55.9 Å². The second-order valence-electron chi connectivity index (χ2n) is 12.6. The minimum Gasteiger partial charge on any atom is -0.846 e. The fraction of sp³-hybridized carbons (Fsp3) is 0.182. The van der Waals surface area contributed by atoms with E-state index >= 15 is 0 Å². The molecule has 0 aliphatic rings. The van der Waals surface area contributed by atoms with Crippen molar-refractivity contribution < 1.29 is 185 Å². The van der Waals surface area contributed by atoms with Crippen molar-refractivity contribution >= 4 is 121 Å². The Bertz CT molecular complexity index is 3120. The van der Waals surface area contributed by atoms with Crippen LogP contribution in [0.3, 0.4) is 0 Å². The molecule has 69 heavy (non-hydrogen) atoms. The van der Waals surface area contributed by atoms with E-state index in [1.54, 1.807) is 0 Å². The van der Waals surface area contributed by atoms with Crippen LogP contribution >= 0.6 is 46.4 Å². The first kappa shape index (κ1) is 65.9. The van der Waals surface area contributed by atoms with Gasteiger partial charge in [0.25, 0.3) is 10.1 Å². The minimum absolute atomic E-state index is 0. The van der Waals surface area contributed by atoms with Gasteiger partial charge in [-0.05, 0) is 61.4 Å². The standard InChI is InChI=1S/C33H29Cl4N9O15S4.4Na/c34-19-5-3-17(11-29(19)64(54,55)56)43-45-23-15-27(60-7-1-9-62(48,49)50)25(13-21(23)36)38-31-40-32(42-33(47)41-31)39-26-14-22(37)24(16-28(26)61-8-2-10-63(51,52)53)46-44-18-4-6-20(35)30(12-18)65(57,58)59;;;;/h3-6,11-16H,1-2,7-10H2,(H,48,49,50)(H,51,52,53)(H,54,55,56)(H,57,58,59)(H3,38,39,40,41,42,47);;;;/q;4*+1/p-4. The van der Waals surface area contributed by atoms with Crippen molar-refractivity contribution in [3.05, 3.63) is 92.0 Å². The molecule has 24 nitrogen and oxygen atoms in total. The van der Waals surface area contributed by atoms with Crippen LogP contribution in [0.2, 0.25) is 20.1 Å². The summed E-state index contributed by atoms with van der Waals surface area (Å²) < 4.78 is 146. The second kappa shape index (κ2) is 28.5. The molecule has 5 aromatic rings. The van der Waals surface area contributed by atoms with Crippen molar-refractivity contribution in [3.8, 4) is 17.5 Å². The average molecular weight is 1150 g/mol. The third-order valence-corrected chi connectivity index (χ3v) is 12.5. The van der Waals surface area contributed by atoms with Crippen LogP contribution in [0.25, 0.3) is 0 Å². The molecule has 1 heterocycles. The minimum atomic E-state index is -4.99. The second-order valence-corrected chi connectivity index (χ2v) is 20.0. The van der Waals surface area contributed by atoms with E-state index in [0.29, 0.717) is 0 Å². The summed E-state index contributed by atoms with van der Waals surface area (Å²) in [6, 6.07) is 10.2. The van der Waals surface area contributed by atoms with Crippen LogP contribution in [0.5, 0.6) is 17.5 Å². The molecule has 0 aliphatic carbocycles. The Balaban J connectivity index is 0.00000595. The van der Waals surface area contributed by atoms with E-state index in [2.05, 4.69) is 45.4 Å². The molecule has 36 heteroatoms. The molecule has 0 atom stereocenters. The summed E-state index contributed by atoms with van der Waals surface area (Å²) in [7, 11) is -19.0. The van der Waals surface area contributed by atoms with Crippen molar-refractivity contribution in [2.45, 2.75) is 22.6 Å². The smallest absolute Gasteiger partial charge is 0.846 e. The predicted octanol–water partition coefficient (Wildman–Crippen LogP) is -6.48. The van der Waals surface area contributed by atoms with Gasteiger partial charge >= 0.3 is 118 Å².